The normalized spacial score (nSPS) is 12.3. The topological polar surface area (TPSA) is 32.8 Å². The van der Waals surface area contributed by atoms with Gasteiger partial charge in [0.2, 0.25) is 0 Å². The van der Waals surface area contributed by atoms with Crippen LogP contribution in [-0.4, -0.2) is 44.8 Å². The van der Waals surface area contributed by atoms with Gasteiger partial charge in [-0.25, -0.2) is 4.79 Å². The Morgan fingerprint density at radius 3 is 2.37 bits per heavy atom. The summed E-state index contributed by atoms with van der Waals surface area (Å²) in [4.78, 5) is 15.4. The van der Waals surface area contributed by atoms with Gasteiger partial charge in [-0.1, -0.05) is 11.6 Å². The molecule has 1 rings (SSSR count). The molecule has 1 atom stereocenters. The number of ether oxygens (including phenoxy) is 1. The Bertz CT molecular complexity index is 406. The summed E-state index contributed by atoms with van der Waals surface area (Å²) < 4.78 is 5.24. The molecule has 0 heterocycles. The minimum Gasteiger partial charge on any atom is -0.449 e. The second-order valence-electron chi connectivity index (χ2n) is 4.75. The molecule has 1 unspecified atom stereocenters. The van der Waals surface area contributed by atoms with Gasteiger partial charge in [-0.2, -0.15) is 0 Å². The molecule has 0 radical (unpaired) electrons. The smallest absolute Gasteiger partial charge is 0.414 e. The minimum atomic E-state index is -0.353. The van der Waals surface area contributed by atoms with Crippen molar-refractivity contribution in [3.05, 3.63) is 29.3 Å². The van der Waals surface area contributed by atoms with Crippen molar-refractivity contribution in [1.29, 1.82) is 0 Å². The highest BCUT2D eigenvalue weighted by molar-refractivity contribution is 6.30. The summed E-state index contributed by atoms with van der Waals surface area (Å²) >= 11 is 5.80. The Labute approximate surface area is 119 Å². The average Bonchev–Trinajstić information content (AvgIpc) is 2.38. The van der Waals surface area contributed by atoms with Gasteiger partial charge in [0, 0.05) is 23.8 Å². The molecular weight excluding hydrogens is 264 g/mol. The first-order valence-corrected chi connectivity index (χ1v) is 6.62. The maximum atomic E-state index is 11.8. The fraction of sp³-hybridized carbons (Fsp3) is 0.500. The molecule has 5 heteroatoms. The second-order valence-corrected chi connectivity index (χ2v) is 5.19. The lowest BCUT2D eigenvalue weighted by molar-refractivity contribution is 0.142. The third-order valence-corrected chi connectivity index (χ3v) is 3.38. The lowest BCUT2D eigenvalue weighted by atomic mass is 10.2. The summed E-state index contributed by atoms with van der Waals surface area (Å²) in [5, 5.41) is 0.644. The molecule has 0 aliphatic heterocycles. The molecule has 4 nitrogen and oxygen atoms in total. The highest BCUT2D eigenvalue weighted by Gasteiger charge is 2.13. The Hall–Kier alpha value is -1.26. The van der Waals surface area contributed by atoms with Crippen molar-refractivity contribution in [2.45, 2.75) is 19.4 Å². The number of halogens is 1. The van der Waals surface area contributed by atoms with Gasteiger partial charge in [-0.3, -0.25) is 4.90 Å². The number of carbonyl (C=O) groups is 1. The highest BCUT2D eigenvalue weighted by atomic mass is 35.5. The Balaban J connectivity index is 2.43. The van der Waals surface area contributed by atoms with Crippen LogP contribution in [0.1, 0.15) is 13.3 Å². The molecule has 19 heavy (non-hydrogen) atoms. The van der Waals surface area contributed by atoms with E-state index in [9.17, 15) is 4.79 Å². The maximum Gasteiger partial charge on any atom is 0.414 e. The third-order valence-electron chi connectivity index (χ3n) is 3.13. The molecule has 0 fully saturated rings. The van der Waals surface area contributed by atoms with Crippen LogP contribution in [0.15, 0.2) is 24.3 Å². The zero-order valence-electron chi connectivity index (χ0n) is 11.9. The molecule has 0 saturated heterocycles. The van der Waals surface area contributed by atoms with E-state index in [1.807, 2.05) is 14.1 Å². The molecule has 106 valence electrons. The first-order valence-electron chi connectivity index (χ1n) is 6.24. The van der Waals surface area contributed by atoms with E-state index < -0.39 is 0 Å². The Morgan fingerprint density at radius 2 is 1.84 bits per heavy atom. The van der Waals surface area contributed by atoms with Gasteiger partial charge < -0.3 is 9.64 Å². The van der Waals surface area contributed by atoms with Crippen molar-refractivity contribution < 1.29 is 9.53 Å². The van der Waals surface area contributed by atoms with E-state index in [0.717, 1.165) is 12.1 Å². The fourth-order valence-corrected chi connectivity index (χ4v) is 1.57. The largest absolute Gasteiger partial charge is 0.449 e. The van der Waals surface area contributed by atoms with E-state index in [1.165, 1.54) is 4.90 Å². The highest BCUT2D eigenvalue weighted by Crippen LogP contribution is 2.17. The van der Waals surface area contributed by atoms with Gasteiger partial charge in [-0.15, -0.1) is 0 Å². The van der Waals surface area contributed by atoms with E-state index in [0.29, 0.717) is 17.7 Å². The molecule has 1 aromatic rings. The van der Waals surface area contributed by atoms with Crippen LogP contribution in [0, 0.1) is 0 Å². The quantitative estimate of drug-likeness (QED) is 0.832. The zero-order chi connectivity index (χ0) is 14.4. The van der Waals surface area contributed by atoms with E-state index in [2.05, 4.69) is 11.8 Å². The molecule has 1 amide bonds. The SMILES string of the molecule is CC(CCOC(=O)N(C)c1ccc(Cl)cc1)N(C)C. The van der Waals surface area contributed by atoms with Crippen molar-refractivity contribution in [3.63, 3.8) is 0 Å². The first kappa shape index (κ1) is 15.8. The van der Waals surface area contributed by atoms with Crippen LogP contribution in [0.25, 0.3) is 0 Å². The average molecular weight is 285 g/mol. The van der Waals surface area contributed by atoms with Crippen LogP contribution in [0.2, 0.25) is 5.02 Å². The van der Waals surface area contributed by atoms with Crippen molar-refractivity contribution in [2.75, 3.05) is 32.6 Å². The van der Waals surface area contributed by atoms with Crippen molar-refractivity contribution in [2.24, 2.45) is 0 Å². The number of amides is 1. The number of carbonyl (C=O) groups excluding carboxylic acids is 1. The van der Waals surface area contributed by atoms with Crippen LogP contribution in [-0.2, 0) is 4.74 Å². The van der Waals surface area contributed by atoms with Crippen molar-refractivity contribution >= 4 is 23.4 Å². The van der Waals surface area contributed by atoms with E-state index in [1.54, 1.807) is 31.3 Å². The number of nitrogens with zero attached hydrogens (tertiary/aromatic N) is 2. The molecule has 0 bridgehead atoms. The molecule has 0 saturated carbocycles. The molecule has 0 spiro atoms. The number of anilines is 1. The number of hydrogen-bond acceptors (Lipinski definition) is 3. The third kappa shape index (κ3) is 5.09. The van der Waals surface area contributed by atoms with Gasteiger partial charge >= 0.3 is 6.09 Å². The van der Waals surface area contributed by atoms with Crippen LogP contribution < -0.4 is 4.90 Å². The van der Waals surface area contributed by atoms with Crippen LogP contribution in [0.4, 0.5) is 10.5 Å². The van der Waals surface area contributed by atoms with Crippen LogP contribution in [0.5, 0.6) is 0 Å². The Kier molecular flexibility index (Phi) is 6.12. The maximum absolute atomic E-state index is 11.8. The molecular formula is C14H21ClN2O2. The first-order chi connectivity index (χ1) is 8.91. The monoisotopic (exact) mass is 284 g/mol. The summed E-state index contributed by atoms with van der Waals surface area (Å²) in [7, 11) is 5.69. The van der Waals surface area contributed by atoms with Gasteiger partial charge in [-0.05, 0) is 51.7 Å². The number of benzene rings is 1. The van der Waals surface area contributed by atoms with Gasteiger partial charge in [0.1, 0.15) is 0 Å². The Morgan fingerprint density at radius 1 is 1.26 bits per heavy atom. The summed E-state index contributed by atoms with van der Waals surface area (Å²) in [6, 6.07) is 7.44. The lowest BCUT2D eigenvalue weighted by Crippen LogP contribution is -2.30. The summed E-state index contributed by atoms with van der Waals surface area (Å²) in [6.07, 6.45) is 0.459. The van der Waals surface area contributed by atoms with Crippen molar-refractivity contribution in [3.8, 4) is 0 Å². The molecule has 0 aliphatic carbocycles. The number of rotatable bonds is 5. The van der Waals surface area contributed by atoms with Gasteiger partial charge in [0.25, 0.3) is 0 Å². The van der Waals surface area contributed by atoms with Gasteiger partial charge in [0.05, 0.1) is 6.61 Å². The predicted octanol–water partition coefficient (Wildman–Crippen LogP) is 3.25. The summed E-state index contributed by atoms with van der Waals surface area (Å²) in [6.45, 7) is 2.51. The number of hydrogen-bond donors (Lipinski definition) is 0. The van der Waals surface area contributed by atoms with Crippen molar-refractivity contribution in [1.82, 2.24) is 4.90 Å². The van der Waals surface area contributed by atoms with E-state index in [-0.39, 0.29) is 6.09 Å². The minimum absolute atomic E-state index is 0.353. The van der Waals surface area contributed by atoms with E-state index in [4.69, 9.17) is 16.3 Å². The summed E-state index contributed by atoms with van der Waals surface area (Å²) in [5.74, 6) is 0. The van der Waals surface area contributed by atoms with Crippen LogP contribution >= 0.6 is 11.6 Å². The lowest BCUT2D eigenvalue weighted by Gasteiger charge is -2.21. The van der Waals surface area contributed by atoms with Crippen LogP contribution in [0.3, 0.4) is 0 Å². The van der Waals surface area contributed by atoms with Gasteiger partial charge in [0.15, 0.2) is 0 Å². The molecule has 0 aliphatic rings. The second kappa shape index (κ2) is 7.36. The standard InChI is InChI=1S/C14H21ClN2O2/c1-11(16(2)3)9-10-19-14(18)17(4)13-7-5-12(15)6-8-13/h5-8,11H,9-10H2,1-4H3. The van der Waals surface area contributed by atoms with E-state index >= 15 is 0 Å². The molecule has 0 N–H and O–H groups in total. The molecule has 0 aromatic heterocycles. The predicted molar refractivity (Wildman–Crippen MR) is 79.0 cm³/mol. The summed E-state index contributed by atoms with van der Waals surface area (Å²) in [5.41, 5.74) is 0.759. The fourth-order valence-electron chi connectivity index (χ4n) is 1.44. The zero-order valence-corrected chi connectivity index (χ0v) is 12.6. The molecule has 1 aromatic carbocycles.